The minimum absolute atomic E-state index is 0.0409. The van der Waals surface area contributed by atoms with Crippen LogP contribution in [0.4, 0.5) is 11.4 Å². The van der Waals surface area contributed by atoms with E-state index in [0.717, 1.165) is 18.5 Å². The average molecular weight is 348 g/mol. The average Bonchev–Trinajstić information content (AvgIpc) is 2.28. The third-order valence-electron chi connectivity index (χ3n) is 3.15. The summed E-state index contributed by atoms with van der Waals surface area (Å²) in [7, 11) is 0. The highest BCUT2D eigenvalue weighted by atomic mass is 127. The number of hydrogen-bond donors (Lipinski definition) is 1. The normalized spacial score (nSPS) is 11.3. The van der Waals surface area contributed by atoms with Gasteiger partial charge in [0.25, 0.3) is 5.69 Å². The van der Waals surface area contributed by atoms with Gasteiger partial charge in [-0.1, -0.05) is 13.8 Å². The van der Waals surface area contributed by atoms with Crippen LogP contribution in [-0.4, -0.2) is 10.5 Å². The molecule has 4 nitrogen and oxygen atoms in total. The predicted molar refractivity (Wildman–Crippen MR) is 78.4 cm³/mol. The SMILES string of the molecule is CCC(C)(CC)Nc1ccc([N+](=O)[O-])c(I)c1. The molecule has 1 aromatic rings. The van der Waals surface area contributed by atoms with Crippen molar-refractivity contribution in [1.82, 2.24) is 0 Å². The number of halogens is 1. The monoisotopic (exact) mass is 348 g/mol. The lowest BCUT2D eigenvalue weighted by Crippen LogP contribution is -2.32. The molecule has 94 valence electrons. The van der Waals surface area contributed by atoms with E-state index in [4.69, 9.17) is 0 Å². The van der Waals surface area contributed by atoms with Gasteiger partial charge in [-0.25, -0.2) is 0 Å². The maximum Gasteiger partial charge on any atom is 0.282 e. The maximum absolute atomic E-state index is 10.7. The van der Waals surface area contributed by atoms with Crippen molar-refractivity contribution in [2.75, 3.05) is 5.32 Å². The Morgan fingerprint density at radius 2 is 2.00 bits per heavy atom. The molecule has 0 fully saturated rings. The van der Waals surface area contributed by atoms with Crippen molar-refractivity contribution in [3.8, 4) is 0 Å². The topological polar surface area (TPSA) is 55.2 Å². The Hall–Kier alpha value is -0.850. The molecule has 1 rings (SSSR count). The van der Waals surface area contributed by atoms with Crippen molar-refractivity contribution in [3.63, 3.8) is 0 Å². The van der Waals surface area contributed by atoms with Crippen LogP contribution in [0.2, 0.25) is 0 Å². The molecule has 0 amide bonds. The zero-order valence-electron chi connectivity index (χ0n) is 10.3. The van der Waals surface area contributed by atoms with E-state index in [9.17, 15) is 10.1 Å². The molecule has 5 heteroatoms. The first kappa shape index (κ1) is 14.2. The van der Waals surface area contributed by atoms with Crippen molar-refractivity contribution in [1.29, 1.82) is 0 Å². The number of nitro groups is 1. The van der Waals surface area contributed by atoms with Crippen LogP contribution in [0, 0.1) is 13.7 Å². The molecule has 0 bridgehead atoms. The van der Waals surface area contributed by atoms with Gasteiger partial charge in [0.1, 0.15) is 0 Å². The predicted octanol–water partition coefficient (Wildman–Crippen LogP) is 4.19. The number of nitrogens with zero attached hydrogens (tertiary/aromatic N) is 1. The number of hydrogen-bond acceptors (Lipinski definition) is 3. The van der Waals surface area contributed by atoms with Gasteiger partial charge in [0.05, 0.1) is 8.49 Å². The van der Waals surface area contributed by atoms with Crippen molar-refractivity contribution in [2.45, 2.75) is 39.2 Å². The van der Waals surface area contributed by atoms with Crippen LogP contribution >= 0.6 is 22.6 Å². The van der Waals surface area contributed by atoms with E-state index in [0.29, 0.717) is 3.57 Å². The zero-order valence-corrected chi connectivity index (χ0v) is 12.4. The number of benzene rings is 1. The fourth-order valence-corrected chi connectivity index (χ4v) is 2.22. The first-order valence-electron chi connectivity index (χ1n) is 5.64. The summed E-state index contributed by atoms with van der Waals surface area (Å²) in [4.78, 5) is 10.4. The number of rotatable bonds is 5. The van der Waals surface area contributed by atoms with Crippen molar-refractivity contribution in [3.05, 3.63) is 31.9 Å². The van der Waals surface area contributed by atoms with E-state index in [1.165, 1.54) is 0 Å². The van der Waals surface area contributed by atoms with Crippen molar-refractivity contribution < 1.29 is 4.92 Å². The highest BCUT2D eigenvalue weighted by Gasteiger charge is 2.20. The molecule has 0 atom stereocenters. The van der Waals surface area contributed by atoms with Crippen molar-refractivity contribution >= 4 is 34.0 Å². The summed E-state index contributed by atoms with van der Waals surface area (Å²) in [5.74, 6) is 0. The molecule has 0 spiro atoms. The summed E-state index contributed by atoms with van der Waals surface area (Å²) >= 11 is 2.00. The summed E-state index contributed by atoms with van der Waals surface area (Å²) in [5, 5.41) is 14.1. The second kappa shape index (κ2) is 5.66. The lowest BCUT2D eigenvalue weighted by molar-refractivity contribution is -0.385. The maximum atomic E-state index is 10.7. The van der Waals surface area contributed by atoms with Crippen molar-refractivity contribution in [2.24, 2.45) is 0 Å². The van der Waals surface area contributed by atoms with Gasteiger partial charge in [0, 0.05) is 17.3 Å². The van der Waals surface area contributed by atoms with Gasteiger partial charge >= 0.3 is 0 Å². The van der Waals surface area contributed by atoms with Gasteiger partial charge in [-0.3, -0.25) is 10.1 Å². The minimum atomic E-state index is -0.357. The van der Waals surface area contributed by atoms with Gasteiger partial charge in [0.15, 0.2) is 0 Å². The minimum Gasteiger partial charge on any atom is -0.380 e. The van der Waals surface area contributed by atoms with Gasteiger partial charge < -0.3 is 5.32 Å². The molecule has 0 aliphatic rings. The standard InChI is InChI=1S/C12H17IN2O2/c1-4-12(3,5-2)14-9-6-7-11(15(16)17)10(13)8-9/h6-8,14H,4-5H2,1-3H3. The molecule has 0 radical (unpaired) electrons. The smallest absolute Gasteiger partial charge is 0.282 e. The highest BCUT2D eigenvalue weighted by Crippen LogP contribution is 2.27. The van der Waals surface area contributed by atoms with Gasteiger partial charge in [-0.05, 0) is 54.5 Å². The van der Waals surface area contributed by atoms with Crippen LogP contribution < -0.4 is 5.32 Å². The fourth-order valence-electron chi connectivity index (χ4n) is 1.51. The van der Waals surface area contributed by atoms with Crippen LogP contribution in [0.25, 0.3) is 0 Å². The number of anilines is 1. The molecule has 0 aliphatic heterocycles. The molecule has 0 saturated carbocycles. The zero-order chi connectivity index (χ0) is 13.1. The second-order valence-electron chi connectivity index (χ2n) is 4.32. The quantitative estimate of drug-likeness (QED) is 0.493. The van der Waals surface area contributed by atoms with E-state index in [1.54, 1.807) is 12.1 Å². The lowest BCUT2D eigenvalue weighted by atomic mass is 9.95. The molecule has 0 aromatic heterocycles. The van der Waals surface area contributed by atoms with Crippen LogP contribution in [0.15, 0.2) is 18.2 Å². The summed E-state index contributed by atoms with van der Waals surface area (Å²) in [5.41, 5.74) is 1.14. The van der Waals surface area contributed by atoms with Crippen LogP contribution in [0.3, 0.4) is 0 Å². The molecule has 1 N–H and O–H groups in total. The number of nitro benzene ring substituents is 1. The Morgan fingerprint density at radius 1 is 1.41 bits per heavy atom. The summed E-state index contributed by atoms with van der Waals surface area (Å²) < 4.78 is 0.659. The molecule has 17 heavy (non-hydrogen) atoms. The Labute approximate surface area is 115 Å². The molecule has 0 saturated heterocycles. The van der Waals surface area contributed by atoms with E-state index < -0.39 is 0 Å². The molecule has 0 unspecified atom stereocenters. The highest BCUT2D eigenvalue weighted by molar-refractivity contribution is 14.1. The third-order valence-corrected chi connectivity index (χ3v) is 4.02. The molecule has 1 aromatic carbocycles. The first-order chi connectivity index (χ1) is 7.91. The van der Waals surface area contributed by atoms with E-state index in [2.05, 4.69) is 26.1 Å². The summed E-state index contributed by atoms with van der Waals surface area (Å²) in [6.07, 6.45) is 2.02. The summed E-state index contributed by atoms with van der Waals surface area (Å²) in [6.45, 7) is 6.42. The fraction of sp³-hybridized carbons (Fsp3) is 0.500. The summed E-state index contributed by atoms with van der Waals surface area (Å²) in [6, 6.07) is 5.14. The van der Waals surface area contributed by atoms with Gasteiger partial charge in [-0.15, -0.1) is 0 Å². The third kappa shape index (κ3) is 3.55. The van der Waals surface area contributed by atoms with Crippen LogP contribution in [-0.2, 0) is 0 Å². The Bertz CT molecular complexity index is 417. The largest absolute Gasteiger partial charge is 0.380 e. The molecular weight excluding hydrogens is 331 g/mol. The van der Waals surface area contributed by atoms with Gasteiger partial charge in [0.2, 0.25) is 0 Å². The van der Waals surface area contributed by atoms with E-state index in [1.807, 2.05) is 28.7 Å². The first-order valence-corrected chi connectivity index (χ1v) is 6.72. The second-order valence-corrected chi connectivity index (χ2v) is 5.48. The molecule has 0 aliphatic carbocycles. The lowest BCUT2D eigenvalue weighted by Gasteiger charge is -2.29. The molecular formula is C12H17IN2O2. The van der Waals surface area contributed by atoms with E-state index >= 15 is 0 Å². The Morgan fingerprint density at radius 3 is 2.41 bits per heavy atom. The Balaban J connectivity index is 2.95. The number of nitrogens with one attached hydrogen (secondary N) is 1. The molecule has 0 heterocycles. The van der Waals surface area contributed by atoms with Crippen LogP contribution in [0.1, 0.15) is 33.6 Å². The van der Waals surface area contributed by atoms with E-state index in [-0.39, 0.29) is 16.1 Å². The Kier molecular flexibility index (Phi) is 4.73. The van der Waals surface area contributed by atoms with Crippen LogP contribution in [0.5, 0.6) is 0 Å². The van der Waals surface area contributed by atoms with Gasteiger partial charge in [-0.2, -0.15) is 0 Å².